The summed E-state index contributed by atoms with van der Waals surface area (Å²) in [5.41, 5.74) is 3.17. The molecular weight excluding hydrogens is 349 g/mol. The van der Waals surface area contributed by atoms with Crippen molar-refractivity contribution in [3.63, 3.8) is 0 Å². The van der Waals surface area contributed by atoms with Crippen LogP contribution in [0.25, 0.3) is 16.6 Å². The normalized spacial score (nSPS) is 15.1. The van der Waals surface area contributed by atoms with Crippen LogP contribution in [0.2, 0.25) is 0 Å². The fourth-order valence-electron chi connectivity index (χ4n) is 3.19. The SMILES string of the molecule is Cc1c(NC=O)nc2[nH]ccc2c1C1=CCN(C(=O)CC(F)(F)F)CC1. The van der Waals surface area contributed by atoms with E-state index in [0.29, 0.717) is 24.3 Å². The molecule has 0 aromatic carbocycles. The average Bonchev–Trinajstić information content (AvgIpc) is 3.02. The topological polar surface area (TPSA) is 78.1 Å². The number of nitrogens with zero attached hydrogens (tertiary/aromatic N) is 2. The Kier molecular flexibility index (Phi) is 4.71. The highest BCUT2D eigenvalue weighted by Crippen LogP contribution is 2.34. The Hall–Kier alpha value is -2.84. The highest BCUT2D eigenvalue weighted by Gasteiger charge is 2.34. The molecule has 0 aliphatic carbocycles. The smallest absolute Gasteiger partial charge is 0.346 e. The molecule has 0 radical (unpaired) electrons. The minimum absolute atomic E-state index is 0.119. The number of nitrogens with one attached hydrogen (secondary N) is 2. The Morgan fingerprint density at radius 2 is 2.23 bits per heavy atom. The number of amides is 2. The van der Waals surface area contributed by atoms with Gasteiger partial charge < -0.3 is 15.2 Å². The van der Waals surface area contributed by atoms with E-state index in [1.54, 1.807) is 12.3 Å². The maximum atomic E-state index is 12.4. The second-order valence-electron chi connectivity index (χ2n) is 6.07. The highest BCUT2D eigenvalue weighted by molar-refractivity contribution is 5.95. The van der Waals surface area contributed by atoms with E-state index in [2.05, 4.69) is 15.3 Å². The summed E-state index contributed by atoms with van der Waals surface area (Å²) in [4.78, 5) is 31.1. The van der Waals surface area contributed by atoms with E-state index in [4.69, 9.17) is 0 Å². The van der Waals surface area contributed by atoms with E-state index in [9.17, 15) is 22.8 Å². The van der Waals surface area contributed by atoms with Gasteiger partial charge in [0.25, 0.3) is 0 Å². The first-order valence-corrected chi connectivity index (χ1v) is 8.02. The van der Waals surface area contributed by atoms with E-state index in [0.717, 1.165) is 22.1 Å². The standard InChI is InChI=1S/C17H17F3N4O2/c1-10-14(12-2-5-21-16(12)23-15(10)22-9-25)11-3-6-24(7-4-11)13(26)8-17(18,19)20/h2-3,5,9H,4,6-8H2,1H3,(H2,21,22,23,25). The quantitative estimate of drug-likeness (QED) is 0.817. The summed E-state index contributed by atoms with van der Waals surface area (Å²) >= 11 is 0. The van der Waals surface area contributed by atoms with Gasteiger partial charge in [-0.1, -0.05) is 6.08 Å². The summed E-state index contributed by atoms with van der Waals surface area (Å²) in [5, 5.41) is 3.42. The lowest BCUT2D eigenvalue weighted by Crippen LogP contribution is -2.37. The van der Waals surface area contributed by atoms with Crippen molar-refractivity contribution in [2.45, 2.75) is 25.9 Å². The molecular formula is C17H17F3N4O2. The highest BCUT2D eigenvalue weighted by atomic mass is 19.4. The first-order valence-electron chi connectivity index (χ1n) is 8.02. The van der Waals surface area contributed by atoms with E-state index in [-0.39, 0.29) is 13.1 Å². The molecule has 0 unspecified atom stereocenters. The maximum Gasteiger partial charge on any atom is 0.397 e. The summed E-state index contributed by atoms with van der Waals surface area (Å²) in [6, 6.07) is 1.86. The predicted molar refractivity (Wildman–Crippen MR) is 90.4 cm³/mol. The van der Waals surface area contributed by atoms with Crippen molar-refractivity contribution in [3.05, 3.63) is 29.5 Å². The van der Waals surface area contributed by atoms with Gasteiger partial charge in [0.05, 0.1) is 0 Å². The summed E-state index contributed by atoms with van der Waals surface area (Å²) in [5.74, 6) is -0.504. The van der Waals surface area contributed by atoms with Gasteiger partial charge in [0.15, 0.2) is 0 Å². The summed E-state index contributed by atoms with van der Waals surface area (Å²) < 4.78 is 37.2. The van der Waals surface area contributed by atoms with Gasteiger partial charge in [-0.25, -0.2) is 4.98 Å². The van der Waals surface area contributed by atoms with Gasteiger partial charge in [0, 0.05) is 30.2 Å². The number of carbonyl (C=O) groups is 2. The third kappa shape index (κ3) is 3.56. The van der Waals surface area contributed by atoms with Crippen LogP contribution in [-0.4, -0.2) is 46.5 Å². The van der Waals surface area contributed by atoms with E-state index >= 15 is 0 Å². The minimum Gasteiger partial charge on any atom is -0.346 e. The number of anilines is 1. The summed E-state index contributed by atoms with van der Waals surface area (Å²) in [6.45, 7) is 2.15. The molecule has 1 aliphatic heterocycles. The van der Waals surface area contributed by atoms with Crippen molar-refractivity contribution in [1.82, 2.24) is 14.9 Å². The summed E-state index contributed by atoms with van der Waals surface area (Å²) in [7, 11) is 0. The lowest BCUT2D eigenvalue weighted by molar-refractivity contribution is -0.161. The van der Waals surface area contributed by atoms with Crippen LogP contribution in [0.1, 0.15) is 24.0 Å². The van der Waals surface area contributed by atoms with Crippen LogP contribution in [0.15, 0.2) is 18.3 Å². The van der Waals surface area contributed by atoms with Crippen molar-refractivity contribution in [2.75, 3.05) is 18.4 Å². The van der Waals surface area contributed by atoms with E-state index in [1.807, 2.05) is 13.0 Å². The van der Waals surface area contributed by atoms with Crippen LogP contribution in [-0.2, 0) is 9.59 Å². The number of halogens is 3. The molecule has 0 saturated heterocycles. The lowest BCUT2D eigenvalue weighted by atomic mass is 9.93. The van der Waals surface area contributed by atoms with Gasteiger partial charge in [0.1, 0.15) is 17.9 Å². The van der Waals surface area contributed by atoms with Crippen LogP contribution in [0.5, 0.6) is 0 Å². The number of alkyl halides is 3. The molecule has 2 amide bonds. The number of aromatic nitrogens is 2. The Labute approximate surface area is 147 Å². The zero-order valence-electron chi connectivity index (χ0n) is 14.0. The second-order valence-corrected chi connectivity index (χ2v) is 6.07. The molecule has 0 spiro atoms. The molecule has 2 aromatic rings. The largest absolute Gasteiger partial charge is 0.397 e. The fourth-order valence-corrected chi connectivity index (χ4v) is 3.19. The maximum absolute atomic E-state index is 12.4. The molecule has 1 aliphatic rings. The Morgan fingerprint density at radius 1 is 1.46 bits per heavy atom. The average molecular weight is 366 g/mol. The van der Waals surface area contributed by atoms with Gasteiger partial charge in [-0.3, -0.25) is 9.59 Å². The molecule has 0 bridgehead atoms. The Bertz CT molecular complexity index is 886. The van der Waals surface area contributed by atoms with Crippen LogP contribution in [0.4, 0.5) is 19.0 Å². The monoisotopic (exact) mass is 366 g/mol. The lowest BCUT2D eigenvalue weighted by Gasteiger charge is -2.28. The molecule has 3 heterocycles. The van der Waals surface area contributed by atoms with E-state index < -0.39 is 18.5 Å². The minimum atomic E-state index is -4.50. The molecule has 138 valence electrons. The van der Waals surface area contributed by atoms with Gasteiger partial charge in [-0.15, -0.1) is 0 Å². The molecule has 0 saturated carbocycles. The van der Waals surface area contributed by atoms with Crippen LogP contribution in [0, 0.1) is 6.92 Å². The molecule has 2 aromatic heterocycles. The number of carbonyl (C=O) groups excluding carboxylic acids is 2. The molecule has 26 heavy (non-hydrogen) atoms. The molecule has 2 N–H and O–H groups in total. The molecule has 9 heteroatoms. The van der Waals surface area contributed by atoms with Crippen molar-refractivity contribution in [3.8, 4) is 0 Å². The van der Waals surface area contributed by atoms with Crippen LogP contribution in [0.3, 0.4) is 0 Å². The fraction of sp³-hybridized carbons (Fsp3) is 0.353. The number of hydrogen-bond acceptors (Lipinski definition) is 3. The third-order valence-electron chi connectivity index (χ3n) is 4.38. The van der Waals surface area contributed by atoms with Crippen molar-refractivity contribution in [2.24, 2.45) is 0 Å². The third-order valence-corrected chi connectivity index (χ3v) is 4.38. The first-order chi connectivity index (χ1) is 12.3. The zero-order chi connectivity index (χ0) is 18.9. The summed E-state index contributed by atoms with van der Waals surface area (Å²) in [6.07, 6.45) is -1.49. The molecule has 0 atom stereocenters. The molecule has 3 rings (SSSR count). The van der Waals surface area contributed by atoms with E-state index in [1.165, 1.54) is 4.90 Å². The van der Waals surface area contributed by atoms with Gasteiger partial charge in [0.2, 0.25) is 12.3 Å². The predicted octanol–water partition coefficient (Wildman–Crippen LogP) is 3.01. The molecule has 0 fully saturated rings. The van der Waals surface area contributed by atoms with Crippen LogP contribution >= 0.6 is 0 Å². The number of rotatable bonds is 4. The first kappa shape index (κ1) is 18.0. The number of hydrogen-bond donors (Lipinski definition) is 2. The van der Waals surface area contributed by atoms with Gasteiger partial charge >= 0.3 is 6.18 Å². The number of aromatic amines is 1. The van der Waals surface area contributed by atoms with Crippen molar-refractivity contribution in [1.29, 1.82) is 0 Å². The van der Waals surface area contributed by atoms with Gasteiger partial charge in [-0.05, 0) is 30.5 Å². The Balaban J connectivity index is 1.91. The zero-order valence-corrected chi connectivity index (χ0v) is 14.0. The number of fused-ring (bicyclic) bond motifs is 1. The van der Waals surface area contributed by atoms with Crippen LogP contribution < -0.4 is 5.32 Å². The second kappa shape index (κ2) is 6.81. The number of pyridine rings is 1. The number of H-pyrrole nitrogens is 1. The van der Waals surface area contributed by atoms with Crippen molar-refractivity contribution < 1.29 is 22.8 Å². The van der Waals surface area contributed by atoms with Crippen molar-refractivity contribution >= 4 is 34.7 Å². The Morgan fingerprint density at radius 3 is 2.85 bits per heavy atom. The van der Waals surface area contributed by atoms with Gasteiger partial charge in [-0.2, -0.15) is 13.2 Å². The molecule has 6 nitrogen and oxygen atoms in total.